The molecule has 2 aliphatic carbocycles. The van der Waals surface area contributed by atoms with E-state index in [4.69, 9.17) is 4.98 Å². The Balaban J connectivity index is 1.46. The number of carbonyl (C=O) groups is 2. The van der Waals surface area contributed by atoms with Gasteiger partial charge in [-0.3, -0.25) is 9.69 Å². The summed E-state index contributed by atoms with van der Waals surface area (Å²) >= 11 is 1.68. The van der Waals surface area contributed by atoms with Gasteiger partial charge < -0.3 is 5.32 Å². The molecule has 0 aromatic carbocycles. The highest BCUT2D eigenvalue weighted by molar-refractivity contribution is 7.09. The maximum atomic E-state index is 12.7. The van der Waals surface area contributed by atoms with Crippen molar-refractivity contribution in [2.75, 3.05) is 0 Å². The molecular weight excluding hydrogens is 310 g/mol. The number of amides is 3. The molecule has 1 atom stereocenters. The molecule has 1 unspecified atom stereocenters. The summed E-state index contributed by atoms with van der Waals surface area (Å²) in [5.41, 5.74) is 0.151. The van der Waals surface area contributed by atoms with Gasteiger partial charge in [0.15, 0.2) is 0 Å². The lowest BCUT2D eigenvalue weighted by molar-refractivity contribution is -0.131. The smallest absolute Gasteiger partial charge is 0.323 e. The highest BCUT2D eigenvalue weighted by atomic mass is 32.1. The summed E-state index contributed by atoms with van der Waals surface area (Å²) in [6.45, 7) is 2.16. The van der Waals surface area contributed by atoms with Crippen LogP contribution in [0.4, 0.5) is 4.79 Å². The Bertz CT molecular complexity index is 634. The van der Waals surface area contributed by atoms with Crippen LogP contribution in [0, 0.1) is 5.92 Å². The zero-order chi connectivity index (χ0) is 16.0. The third kappa shape index (κ3) is 2.67. The van der Waals surface area contributed by atoms with Crippen molar-refractivity contribution in [1.82, 2.24) is 15.2 Å². The number of urea groups is 1. The number of nitrogens with zero attached hydrogens (tertiary/aromatic N) is 2. The van der Waals surface area contributed by atoms with Crippen molar-refractivity contribution in [2.45, 2.75) is 69.9 Å². The van der Waals surface area contributed by atoms with Crippen LogP contribution in [0.5, 0.6) is 0 Å². The maximum absolute atomic E-state index is 12.7. The quantitative estimate of drug-likeness (QED) is 0.859. The number of thiazole rings is 1. The third-order valence-corrected chi connectivity index (χ3v) is 6.60. The molecule has 1 aliphatic heterocycles. The second-order valence-corrected chi connectivity index (χ2v) is 8.20. The molecular formula is C17H23N3O2S. The van der Waals surface area contributed by atoms with Gasteiger partial charge in [0.05, 0.1) is 17.2 Å². The first-order chi connectivity index (χ1) is 11.1. The van der Waals surface area contributed by atoms with Gasteiger partial charge in [-0.25, -0.2) is 9.78 Å². The fraction of sp³-hybridized carbons (Fsp3) is 0.706. The van der Waals surface area contributed by atoms with Crippen LogP contribution in [0.25, 0.3) is 0 Å². The van der Waals surface area contributed by atoms with Crippen LogP contribution in [0.15, 0.2) is 5.38 Å². The van der Waals surface area contributed by atoms with Gasteiger partial charge >= 0.3 is 6.03 Å². The zero-order valence-corrected chi connectivity index (χ0v) is 14.3. The lowest BCUT2D eigenvalue weighted by atomic mass is 9.90. The van der Waals surface area contributed by atoms with E-state index in [1.165, 1.54) is 42.0 Å². The second kappa shape index (κ2) is 5.58. The van der Waals surface area contributed by atoms with Crippen LogP contribution in [0.3, 0.4) is 0 Å². The van der Waals surface area contributed by atoms with E-state index in [1.54, 1.807) is 11.3 Å². The van der Waals surface area contributed by atoms with E-state index in [1.807, 2.05) is 12.3 Å². The summed E-state index contributed by atoms with van der Waals surface area (Å²) in [6.07, 6.45) is 8.39. The monoisotopic (exact) mass is 333 g/mol. The van der Waals surface area contributed by atoms with Crippen LogP contribution in [0.2, 0.25) is 0 Å². The fourth-order valence-electron chi connectivity index (χ4n) is 3.89. The normalized spacial score (nSPS) is 29.2. The van der Waals surface area contributed by atoms with E-state index in [-0.39, 0.29) is 11.9 Å². The summed E-state index contributed by atoms with van der Waals surface area (Å²) in [5, 5.41) is 6.08. The van der Waals surface area contributed by atoms with E-state index in [0.717, 1.165) is 18.5 Å². The highest BCUT2D eigenvalue weighted by Crippen LogP contribution is 2.43. The standard InChI is InChI=1S/C17H23N3O2S/c1-17(12-7-8-12)15(21)20(16(22)19-17)9-13-10-23-14(18-13)11-5-3-2-4-6-11/h10-12H,2-9H2,1H3,(H,19,22). The molecule has 5 nitrogen and oxygen atoms in total. The summed E-state index contributed by atoms with van der Waals surface area (Å²) in [5.74, 6) is 0.789. The predicted octanol–water partition coefficient (Wildman–Crippen LogP) is 3.41. The molecule has 3 fully saturated rings. The molecule has 3 aliphatic rings. The van der Waals surface area contributed by atoms with Crippen molar-refractivity contribution >= 4 is 23.3 Å². The van der Waals surface area contributed by atoms with Gasteiger partial charge in [-0.1, -0.05) is 19.3 Å². The maximum Gasteiger partial charge on any atom is 0.325 e. The third-order valence-electron chi connectivity index (χ3n) is 5.54. The minimum absolute atomic E-state index is 0.0859. The summed E-state index contributed by atoms with van der Waals surface area (Å²) in [4.78, 5) is 30.9. The largest absolute Gasteiger partial charge is 0.325 e. The van der Waals surface area contributed by atoms with Gasteiger partial charge in [0.1, 0.15) is 5.54 Å². The van der Waals surface area contributed by atoms with Gasteiger partial charge in [0.25, 0.3) is 5.91 Å². The number of carbonyl (C=O) groups excluding carboxylic acids is 2. The zero-order valence-electron chi connectivity index (χ0n) is 13.5. The van der Waals surface area contributed by atoms with Crippen LogP contribution >= 0.6 is 11.3 Å². The Morgan fingerprint density at radius 3 is 2.70 bits per heavy atom. The lowest BCUT2D eigenvalue weighted by Crippen LogP contribution is -2.46. The molecule has 0 bridgehead atoms. The summed E-state index contributed by atoms with van der Waals surface area (Å²) in [7, 11) is 0. The molecule has 3 amide bonds. The van der Waals surface area contributed by atoms with Crippen LogP contribution in [-0.2, 0) is 11.3 Å². The molecule has 2 saturated carbocycles. The van der Waals surface area contributed by atoms with Crippen molar-refractivity contribution < 1.29 is 9.59 Å². The summed E-state index contributed by atoms with van der Waals surface area (Å²) in [6, 6.07) is -0.267. The van der Waals surface area contributed by atoms with E-state index in [2.05, 4.69) is 5.32 Å². The molecule has 0 radical (unpaired) electrons. The average molecular weight is 333 g/mol. The van der Waals surface area contributed by atoms with E-state index < -0.39 is 5.54 Å². The molecule has 1 saturated heterocycles. The summed E-state index contributed by atoms with van der Waals surface area (Å²) < 4.78 is 0. The molecule has 0 spiro atoms. The number of hydrogen-bond acceptors (Lipinski definition) is 4. The Labute approximate surface area is 140 Å². The second-order valence-electron chi connectivity index (χ2n) is 7.31. The molecule has 4 rings (SSSR count). The van der Waals surface area contributed by atoms with Crippen molar-refractivity contribution in [3.8, 4) is 0 Å². The number of imide groups is 1. The van der Waals surface area contributed by atoms with E-state index in [9.17, 15) is 9.59 Å². The van der Waals surface area contributed by atoms with Crippen LogP contribution in [0.1, 0.15) is 68.5 Å². The topological polar surface area (TPSA) is 62.3 Å². The Hall–Kier alpha value is -1.43. The Morgan fingerprint density at radius 2 is 2.00 bits per heavy atom. The number of rotatable bonds is 4. The lowest BCUT2D eigenvalue weighted by Gasteiger charge is -2.20. The highest BCUT2D eigenvalue weighted by Gasteiger charge is 2.55. The van der Waals surface area contributed by atoms with Gasteiger partial charge in [-0.05, 0) is 38.5 Å². The number of aromatic nitrogens is 1. The van der Waals surface area contributed by atoms with E-state index >= 15 is 0 Å². The average Bonchev–Trinajstić information content (AvgIpc) is 3.28. The van der Waals surface area contributed by atoms with Gasteiger partial charge in [0, 0.05) is 11.3 Å². The fourth-order valence-corrected chi connectivity index (χ4v) is 4.87. The Morgan fingerprint density at radius 1 is 1.26 bits per heavy atom. The van der Waals surface area contributed by atoms with Crippen molar-refractivity contribution in [3.63, 3.8) is 0 Å². The van der Waals surface area contributed by atoms with Gasteiger partial charge in [-0.15, -0.1) is 11.3 Å². The van der Waals surface area contributed by atoms with Crippen LogP contribution < -0.4 is 5.32 Å². The van der Waals surface area contributed by atoms with Crippen LogP contribution in [-0.4, -0.2) is 27.4 Å². The van der Waals surface area contributed by atoms with Gasteiger partial charge in [0.2, 0.25) is 0 Å². The van der Waals surface area contributed by atoms with Crippen molar-refractivity contribution in [2.24, 2.45) is 5.92 Å². The number of nitrogens with one attached hydrogen (secondary N) is 1. The first kappa shape index (κ1) is 15.1. The van der Waals surface area contributed by atoms with Gasteiger partial charge in [-0.2, -0.15) is 0 Å². The molecule has 23 heavy (non-hydrogen) atoms. The van der Waals surface area contributed by atoms with E-state index in [0.29, 0.717) is 18.4 Å². The Kier molecular flexibility index (Phi) is 3.67. The van der Waals surface area contributed by atoms with Crippen molar-refractivity contribution in [3.05, 3.63) is 16.1 Å². The molecule has 1 aromatic rings. The number of hydrogen-bond donors (Lipinski definition) is 1. The minimum Gasteiger partial charge on any atom is -0.323 e. The van der Waals surface area contributed by atoms with Crippen molar-refractivity contribution in [1.29, 1.82) is 0 Å². The minimum atomic E-state index is -0.695. The molecule has 1 N–H and O–H groups in total. The first-order valence-corrected chi connectivity index (χ1v) is 9.54. The molecule has 6 heteroatoms. The molecule has 2 heterocycles. The SMILES string of the molecule is CC1(C2CC2)NC(=O)N(Cc2csc(C3CCCCC3)n2)C1=O. The predicted molar refractivity (Wildman–Crippen MR) is 88.2 cm³/mol. The first-order valence-electron chi connectivity index (χ1n) is 8.66. The molecule has 1 aromatic heterocycles. The molecule has 124 valence electrons.